The minimum absolute atomic E-state index is 0.0266. The van der Waals surface area contributed by atoms with Crippen LogP contribution in [-0.2, 0) is 14.3 Å². The third-order valence-electron chi connectivity index (χ3n) is 3.79. The molecule has 2 rings (SSSR count). The molecule has 0 aromatic carbocycles. The van der Waals surface area contributed by atoms with E-state index in [1.165, 1.54) is 0 Å². The van der Waals surface area contributed by atoms with Crippen LogP contribution in [0.5, 0.6) is 0 Å². The monoisotopic (exact) mass is 241 g/mol. The zero-order chi connectivity index (χ0) is 12.5. The first kappa shape index (κ1) is 12.8. The van der Waals surface area contributed by atoms with Gasteiger partial charge in [-0.05, 0) is 33.7 Å². The predicted molar refractivity (Wildman–Crippen MR) is 64.7 cm³/mol. The quantitative estimate of drug-likeness (QED) is 0.744. The van der Waals surface area contributed by atoms with E-state index in [1.807, 2.05) is 20.8 Å². The fourth-order valence-electron chi connectivity index (χ4n) is 2.73. The van der Waals surface area contributed by atoms with Crippen LogP contribution in [0.3, 0.4) is 0 Å². The zero-order valence-corrected chi connectivity index (χ0v) is 11.0. The number of carbonyl (C=O) groups excluding carboxylic acids is 1. The van der Waals surface area contributed by atoms with Gasteiger partial charge in [0.15, 0.2) is 0 Å². The van der Waals surface area contributed by atoms with Crippen LogP contribution in [0.25, 0.3) is 0 Å². The van der Waals surface area contributed by atoms with Gasteiger partial charge in [-0.15, -0.1) is 0 Å². The molecule has 4 heteroatoms. The van der Waals surface area contributed by atoms with E-state index in [0.717, 1.165) is 32.4 Å². The summed E-state index contributed by atoms with van der Waals surface area (Å²) in [6.07, 6.45) is 2.91. The van der Waals surface area contributed by atoms with Crippen molar-refractivity contribution in [1.82, 2.24) is 5.32 Å². The Morgan fingerprint density at radius 1 is 1.35 bits per heavy atom. The van der Waals surface area contributed by atoms with Crippen molar-refractivity contribution in [3.63, 3.8) is 0 Å². The van der Waals surface area contributed by atoms with Gasteiger partial charge in [0.1, 0.15) is 6.10 Å². The highest BCUT2D eigenvalue weighted by atomic mass is 16.6. The summed E-state index contributed by atoms with van der Waals surface area (Å²) in [7, 11) is 0. The van der Waals surface area contributed by atoms with Crippen LogP contribution >= 0.6 is 0 Å². The molecule has 0 aromatic heterocycles. The van der Waals surface area contributed by atoms with E-state index in [0.29, 0.717) is 0 Å². The van der Waals surface area contributed by atoms with E-state index in [-0.39, 0.29) is 29.7 Å². The maximum atomic E-state index is 12.1. The Labute approximate surface area is 103 Å². The smallest absolute Gasteiger partial charge is 0.313 e. The number of nitrogens with one attached hydrogen (secondary N) is 1. The van der Waals surface area contributed by atoms with Crippen molar-refractivity contribution < 1.29 is 14.3 Å². The lowest BCUT2D eigenvalue weighted by molar-refractivity contribution is -0.169. The molecule has 0 aliphatic carbocycles. The Morgan fingerprint density at radius 3 is 2.53 bits per heavy atom. The minimum atomic E-state index is -0.329. The van der Waals surface area contributed by atoms with Crippen LogP contribution < -0.4 is 5.32 Å². The first-order chi connectivity index (χ1) is 7.99. The van der Waals surface area contributed by atoms with Gasteiger partial charge in [-0.3, -0.25) is 4.79 Å². The van der Waals surface area contributed by atoms with Gasteiger partial charge in [-0.2, -0.15) is 0 Å². The van der Waals surface area contributed by atoms with Gasteiger partial charge in [-0.25, -0.2) is 0 Å². The van der Waals surface area contributed by atoms with Crippen molar-refractivity contribution in [3.05, 3.63) is 0 Å². The molecule has 0 bridgehead atoms. The molecule has 0 amide bonds. The zero-order valence-electron chi connectivity index (χ0n) is 11.0. The number of ether oxygens (including phenoxy) is 2. The van der Waals surface area contributed by atoms with Gasteiger partial charge in [0.25, 0.3) is 0 Å². The number of esters is 1. The van der Waals surface area contributed by atoms with Crippen LogP contribution in [-0.4, -0.2) is 37.4 Å². The third-order valence-corrected chi connectivity index (χ3v) is 3.79. The van der Waals surface area contributed by atoms with Crippen molar-refractivity contribution in [2.45, 2.75) is 58.3 Å². The molecule has 0 spiro atoms. The lowest BCUT2D eigenvalue weighted by Gasteiger charge is -2.33. The fraction of sp³-hybridized carbons (Fsp3) is 0.923. The van der Waals surface area contributed by atoms with Crippen molar-refractivity contribution in [2.75, 3.05) is 13.1 Å². The summed E-state index contributed by atoms with van der Waals surface area (Å²) in [6, 6.07) is 0. The summed E-state index contributed by atoms with van der Waals surface area (Å²) in [5.74, 6) is -0.0474. The summed E-state index contributed by atoms with van der Waals surface area (Å²) in [5, 5.41) is 3.22. The highest BCUT2D eigenvalue weighted by Crippen LogP contribution is 2.29. The van der Waals surface area contributed by atoms with Crippen molar-refractivity contribution in [2.24, 2.45) is 5.41 Å². The maximum Gasteiger partial charge on any atom is 0.313 e. The van der Waals surface area contributed by atoms with Crippen molar-refractivity contribution in [3.8, 4) is 0 Å². The molecule has 0 saturated carbocycles. The predicted octanol–water partition coefficient (Wildman–Crippen LogP) is 1.49. The average Bonchev–Trinajstić information content (AvgIpc) is 2.64. The van der Waals surface area contributed by atoms with E-state index in [2.05, 4.69) is 5.32 Å². The summed E-state index contributed by atoms with van der Waals surface area (Å²) in [6.45, 7) is 7.71. The first-order valence-electron chi connectivity index (χ1n) is 6.57. The Balaban J connectivity index is 1.89. The summed E-state index contributed by atoms with van der Waals surface area (Å²) in [4.78, 5) is 12.1. The van der Waals surface area contributed by atoms with E-state index < -0.39 is 0 Å². The molecular formula is C13H23NO3. The Morgan fingerprint density at radius 2 is 2.00 bits per heavy atom. The van der Waals surface area contributed by atoms with Gasteiger partial charge in [0.05, 0.1) is 17.6 Å². The van der Waals surface area contributed by atoms with E-state index in [1.54, 1.807) is 0 Å². The molecule has 0 radical (unpaired) electrons. The van der Waals surface area contributed by atoms with Crippen LogP contribution in [0.15, 0.2) is 0 Å². The fourth-order valence-corrected chi connectivity index (χ4v) is 2.73. The molecule has 98 valence electrons. The molecule has 2 heterocycles. The topological polar surface area (TPSA) is 47.6 Å². The highest BCUT2D eigenvalue weighted by molar-refractivity contribution is 5.77. The number of carbonyl (C=O) groups is 1. The molecular weight excluding hydrogens is 218 g/mol. The van der Waals surface area contributed by atoms with Crippen LogP contribution in [0.2, 0.25) is 0 Å². The molecule has 3 unspecified atom stereocenters. The lowest BCUT2D eigenvalue weighted by Crippen LogP contribution is -2.40. The molecule has 2 fully saturated rings. The standard InChI is InChI=1S/C13H23NO3/c1-9-6-11(7-10(2)16-9)17-12(15)13(3)4-5-14-8-13/h9-11,14H,4-8H2,1-3H3. The Hall–Kier alpha value is -0.610. The van der Waals surface area contributed by atoms with Gasteiger partial charge in [0.2, 0.25) is 0 Å². The average molecular weight is 241 g/mol. The normalized spacial score (nSPS) is 42.4. The van der Waals surface area contributed by atoms with Gasteiger partial charge in [-0.1, -0.05) is 0 Å². The number of hydrogen-bond acceptors (Lipinski definition) is 4. The first-order valence-corrected chi connectivity index (χ1v) is 6.57. The van der Waals surface area contributed by atoms with E-state index >= 15 is 0 Å². The van der Waals surface area contributed by atoms with Crippen molar-refractivity contribution >= 4 is 5.97 Å². The molecule has 2 aliphatic heterocycles. The SMILES string of the molecule is CC1CC(OC(=O)C2(C)CCNC2)CC(C)O1. The summed E-state index contributed by atoms with van der Waals surface area (Å²) in [5.41, 5.74) is -0.329. The number of rotatable bonds is 2. The Bertz CT molecular complexity index is 276. The van der Waals surface area contributed by atoms with Crippen LogP contribution in [0, 0.1) is 5.41 Å². The van der Waals surface area contributed by atoms with Crippen LogP contribution in [0.1, 0.15) is 40.0 Å². The summed E-state index contributed by atoms with van der Waals surface area (Å²) < 4.78 is 11.3. The van der Waals surface area contributed by atoms with Gasteiger partial charge < -0.3 is 14.8 Å². The van der Waals surface area contributed by atoms with Gasteiger partial charge >= 0.3 is 5.97 Å². The second kappa shape index (κ2) is 4.94. The molecule has 2 saturated heterocycles. The molecule has 1 N–H and O–H groups in total. The molecule has 4 nitrogen and oxygen atoms in total. The molecule has 2 aliphatic rings. The van der Waals surface area contributed by atoms with E-state index in [9.17, 15) is 4.79 Å². The second-order valence-electron chi connectivity index (χ2n) is 5.74. The molecule has 0 aromatic rings. The molecule has 17 heavy (non-hydrogen) atoms. The second-order valence-corrected chi connectivity index (χ2v) is 5.74. The molecule has 3 atom stereocenters. The number of hydrogen-bond donors (Lipinski definition) is 1. The minimum Gasteiger partial charge on any atom is -0.462 e. The van der Waals surface area contributed by atoms with Crippen molar-refractivity contribution in [1.29, 1.82) is 0 Å². The van der Waals surface area contributed by atoms with Crippen LogP contribution in [0.4, 0.5) is 0 Å². The Kier molecular flexibility index (Phi) is 3.73. The lowest BCUT2D eigenvalue weighted by atomic mass is 9.90. The van der Waals surface area contributed by atoms with E-state index in [4.69, 9.17) is 9.47 Å². The third kappa shape index (κ3) is 2.99. The maximum absolute atomic E-state index is 12.1. The van der Waals surface area contributed by atoms with Gasteiger partial charge in [0, 0.05) is 19.4 Å². The summed E-state index contributed by atoms with van der Waals surface area (Å²) >= 11 is 0. The largest absolute Gasteiger partial charge is 0.462 e. The highest BCUT2D eigenvalue weighted by Gasteiger charge is 2.40.